The van der Waals surface area contributed by atoms with Crippen molar-refractivity contribution in [3.05, 3.63) is 30.4 Å². The molecule has 0 unspecified atom stereocenters. The number of aryl methyl sites for hydroxylation is 1. The van der Waals surface area contributed by atoms with Crippen molar-refractivity contribution in [2.45, 2.75) is 6.61 Å². The molecule has 2 aromatic heterocycles. The van der Waals surface area contributed by atoms with E-state index < -0.39 is 0 Å². The van der Waals surface area contributed by atoms with Crippen LogP contribution in [0.1, 0.15) is 5.56 Å². The molecule has 2 heterocycles. The van der Waals surface area contributed by atoms with Gasteiger partial charge >= 0.3 is 0 Å². The van der Waals surface area contributed by atoms with Gasteiger partial charge in [-0.3, -0.25) is 9.67 Å². The Morgan fingerprint density at radius 2 is 2.27 bits per heavy atom. The fraction of sp³-hybridized carbons (Fsp3) is 0.222. The average Bonchev–Trinajstić information content (AvgIpc) is 2.62. The molecule has 0 aliphatic carbocycles. The maximum Gasteiger partial charge on any atom is 0.150 e. The van der Waals surface area contributed by atoms with Gasteiger partial charge in [0.1, 0.15) is 11.6 Å². The van der Waals surface area contributed by atoms with Gasteiger partial charge in [-0.15, -0.1) is 0 Å². The van der Waals surface area contributed by atoms with Gasteiger partial charge in [-0.1, -0.05) is 0 Å². The quantitative estimate of drug-likeness (QED) is 0.760. The minimum absolute atomic E-state index is 0.0591. The summed E-state index contributed by atoms with van der Waals surface area (Å²) in [6.07, 6.45) is 6.41. The smallest absolute Gasteiger partial charge is 0.150 e. The van der Waals surface area contributed by atoms with E-state index in [-0.39, 0.29) is 6.61 Å². The van der Waals surface area contributed by atoms with Crippen LogP contribution < -0.4 is 5.32 Å². The normalized spacial score (nSPS) is 10.3. The van der Waals surface area contributed by atoms with Gasteiger partial charge in [0.2, 0.25) is 0 Å². The summed E-state index contributed by atoms with van der Waals surface area (Å²) in [7, 11) is 1.79. The Morgan fingerprint density at radius 3 is 2.93 bits per heavy atom. The van der Waals surface area contributed by atoms with Crippen molar-refractivity contribution in [3.8, 4) is 0 Å². The Balaban J connectivity index is 2.27. The minimum atomic E-state index is -0.0591. The van der Waals surface area contributed by atoms with Crippen molar-refractivity contribution >= 4 is 11.6 Å². The zero-order chi connectivity index (χ0) is 10.7. The maximum absolute atomic E-state index is 9.08. The van der Waals surface area contributed by atoms with Crippen LogP contribution in [0.2, 0.25) is 0 Å². The van der Waals surface area contributed by atoms with Gasteiger partial charge in [0.15, 0.2) is 0 Å². The number of aliphatic hydroxyl groups is 1. The zero-order valence-electron chi connectivity index (χ0n) is 8.25. The summed E-state index contributed by atoms with van der Waals surface area (Å²) in [5, 5.41) is 16.1. The van der Waals surface area contributed by atoms with Crippen LogP contribution in [0.5, 0.6) is 0 Å². The first kappa shape index (κ1) is 9.60. The third kappa shape index (κ3) is 1.94. The Labute approximate surface area is 86.6 Å². The summed E-state index contributed by atoms with van der Waals surface area (Å²) in [5.74, 6) is 1.34. The number of aliphatic hydroxyl groups excluding tert-OH is 1. The molecule has 0 aliphatic heterocycles. The first-order valence-electron chi connectivity index (χ1n) is 4.46. The van der Waals surface area contributed by atoms with E-state index >= 15 is 0 Å². The summed E-state index contributed by atoms with van der Waals surface area (Å²) >= 11 is 0. The molecule has 15 heavy (non-hydrogen) atoms. The fourth-order valence-corrected chi connectivity index (χ4v) is 1.24. The summed E-state index contributed by atoms with van der Waals surface area (Å²) in [6, 6.07) is 0. The zero-order valence-corrected chi connectivity index (χ0v) is 8.25. The minimum Gasteiger partial charge on any atom is -0.391 e. The molecule has 0 aliphatic rings. The number of nitrogens with zero attached hydrogens (tertiary/aromatic N) is 4. The van der Waals surface area contributed by atoms with Crippen molar-refractivity contribution in [2.24, 2.45) is 7.05 Å². The predicted molar refractivity (Wildman–Crippen MR) is 54.4 cm³/mol. The van der Waals surface area contributed by atoms with Crippen LogP contribution in [0, 0.1) is 0 Å². The van der Waals surface area contributed by atoms with Crippen LogP contribution in [-0.4, -0.2) is 24.9 Å². The average molecular weight is 205 g/mol. The third-order valence-corrected chi connectivity index (χ3v) is 1.99. The van der Waals surface area contributed by atoms with E-state index in [0.717, 1.165) is 11.4 Å². The van der Waals surface area contributed by atoms with Crippen molar-refractivity contribution in [2.75, 3.05) is 5.32 Å². The molecule has 2 aromatic rings. The number of nitrogens with one attached hydrogen (secondary N) is 1. The third-order valence-electron chi connectivity index (χ3n) is 1.99. The van der Waals surface area contributed by atoms with Gasteiger partial charge < -0.3 is 10.4 Å². The van der Waals surface area contributed by atoms with Gasteiger partial charge in [-0.25, -0.2) is 4.98 Å². The standard InChI is InChI=1S/C9H11N5O/c1-14-9(7(6-15)4-12-14)13-8-5-10-2-3-11-8/h2-5,15H,6H2,1H3,(H,11,13). The Morgan fingerprint density at radius 1 is 1.40 bits per heavy atom. The summed E-state index contributed by atoms with van der Waals surface area (Å²) in [6.45, 7) is -0.0591. The highest BCUT2D eigenvalue weighted by molar-refractivity contribution is 5.54. The van der Waals surface area contributed by atoms with Crippen LogP contribution in [0.4, 0.5) is 11.6 Å². The molecule has 0 amide bonds. The second kappa shape index (κ2) is 4.05. The molecule has 6 heteroatoms. The second-order valence-corrected chi connectivity index (χ2v) is 3.02. The van der Waals surface area contributed by atoms with Crippen molar-refractivity contribution < 1.29 is 5.11 Å². The van der Waals surface area contributed by atoms with Crippen molar-refractivity contribution in [1.29, 1.82) is 0 Å². The predicted octanol–water partition coefficient (Wildman–Crippen LogP) is 0.446. The number of rotatable bonds is 3. The fourth-order valence-electron chi connectivity index (χ4n) is 1.24. The van der Waals surface area contributed by atoms with Crippen LogP contribution >= 0.6 is 0 Å². The van der Waals surface area contributed by atoms with Crippen LogP contribution in [0.3, 0.4) is 0 Å². The van der Waals surface area contributed by atoms with Crippen LogP contribution in [0.25, 0.3) is 0 Å². The molecular weight excluding hydrogens is 194 g/mol. The molecule has 0 bridgehead atoms. The van der Waals surface area contributed by atoms with Gasteiger partial charge in [0, 0.05) is 25.0 Å². The molecule has 78 valence electrons. The molecule has 0 aromatic carbocycles. The monoisotopic (exact) mass is 205 g/mol. The first-order valence-corrected chi connectivity index (χ1v) is 4.46. The number of hydrogen-bond acceptors (Lipinski definition) is 5. The highest BCUT2D eigenvalue weighted by Crippen LogP contribution is 2.17. The maximum atomic E-state index is 9.08. The highest BCUT2D eigenvalue weighted by Gasteiger charge is 2.07. The number of hydrogen-bond donors (Lipinski definition) is 2. The van der Waals surface area contributed by atoms with Crippen molar-refractivity contribution in [1.82, 2.24) is 19.7 Å². The van der Waals surface area contributed by atoms with Gasteiger partial charge in [0.05, 0.1) is 19.0 Å². The molecule has 0 saturated heterocycles. The molecule has 0 radical (unpaired) electrons. The Kier molecular flexibility index (Phi) is 2.59. The van der Waals surface area contributed by atoms with Gasteiger partial charge in [-0.2, -0.15) is 5.10 Å². The molecule has 0 fully saturated rings. The Hall–Kier alpha value is -1.95. The van der Waals surface area contributed by atoms with E-state index in [0.29, 0.717) is 5.82 Å². The molecule has 2 N–H and O–H groups in total. The first-order chi connectivity index (χ1) is 7.31. The molecular formula is C9H11N5O. The Bertz CT molecular complexity index is 439. The van der Waals surface area contributed by atoms with Gasteiger partial charge in [0.25, 0.3) is 0 Å². The van der Waals surface area contributed by atoms with E-state index in [2.05, 4.69) is 20.4 Å². The molecule has 0 atom stereocenters. The lowest BCUT2D eigenvalue weighted by atomic mass is 10.3. The highest BCUT2D eigenvalue weighted by atomic mass is 16.3. The van der Waals surface area contributed by atoms with E-state index in [9.17, 15) is 0 Å². The lowest BCUT2D eigenvalue weighted by molar-refractivity contribution is 0.282. The second-order valence-electron chi connectivity index (χ2n) is 3.02. The number of aromatic nitrogens is 4. The summed E-state index contributed by atoms with van der Waals surface area (Å²) in [5.41, 5.74) is 0.725. The van der Waals surface area contributed by atoms with Crippen LogP contribution in [0.15, 0.2) is 24.8 Å². The van der Waals surface area contributed by atoms with E-state index in [4.69, 9.17) is 5.11 Å². The molecule has 2 rings (SSSR count). The van der Waals surface area contributed by atoms with Crippen LogP contribution in [-0.2, 0) is 13.7 Å². The van der Waals surface area contributed by atoms with E-state index in [1.807, 2.05) is 0 Å². The largest absolute Gasteiger partial charge is 0.391 e. The SMILES string of the molecule is Cn1ncc(CO)c1Nc1cnccn1. The van der Waals surface area contributed by atoms with E-state index in [1.165, 1.54) is 0 Å². The molecule has 0 saturated carbocycles. The molecule has 6 nitrogen and oxygen atoms in total. The lowest BCUT2D eigenvalue weighted by Crippen LogP contribution is -2.02. The van der Waals surface area contributed by atoms with Crippen molar-refractivity contribution in [3.63, 3.8) is 0 Å². The lowest BCUT2D eigenvalue weighted by Gasteiger charge is -2.06. The number of anilines is 2. The summed E-state index contributed by atoms with van der Waals surface area (Å²) < 4.78 is 1.64. The molecule has 0 spiro atoms. The van der Waals surface area contributed by atoms with Gasteiger partial charge in [-0.05, 0) is 0 Å². The summed E-state index contributed by atoms with van der Waals surface area (Å²) in [4.78, 5) is 8.01. The topological polar surface area (TPSA) is 75.9 Å². The van der Waals surface area contributed by atoms with E-state index in [1.54, 1.807) is 36.5 Å².